The monoisotopic (exact) mass is 501 g/mol. The normalized spacial score (nSPS) is 23.2. The lowest BCUT2D eigenvalue weighted by Crippen LogP contribution is -2.48. The van der Waals surface area contributed by atoms with Gasteiger partial charge >= 0.3 is 12.1 Å². The minimum absolute atomic E-state index is 0.0276. The fraction of sp³-hybridized carbons (Fsp3) is 0.310. The lowest BCUT2D eigenvalue weighted by Gasteiger charge is -2.35. The van der Waals surface area contributed by atoms with Crippen molar-refractivity contribution in [2.75, 3.05) is 25.6 Å². The van der Waals surface area contributed by atoms with Crippen molar-refractivity contribution in [3.8, 4) is 16.9 Å². The predicted octanol–water partition coefficient (Wildman–Crippen LogP) is 4.22. The molecule has 4 atom stereocenters. The number of hydrogen-bond donors (Lipinski definition) is 2. The summed E-state index contributed by atoms with van der Waals surface area (Å²) in [6, 6.07) is 21.7. The number of amides is 1. The topological polar surface area (TPSA) is 103 Å². The number of carbonyl (C=O) groups excluding carboxylic acids is 2. The van der Waals surface area contributed by atoms with Crippen molar-refractivity contribution in [3.63, 3.8) is 0 Å². The molecular weight excluding hydrogens is 474 g/mol. The van der Waals surface area contributed by atoms with Gasteiger partial charge < -0.3 is 24.1 Å². The van der Waals surface area contributed by atoms with Gasteiger partial charge in [-0.1, -0.05) is 48.5 Å². The maximum Gasteiger partial charge on any atom is 0.411 e. The van der Waals surface area contributed by atoms with E-state index in [1.807, 2.05) is 30.3 Å². The van der Waals surface area contributed by atoms with Crippen LogP contribution in [0, 0.1) is 0 Å². The van der Waals surface area contributed by atoms with Gasteiger partial charge in [0.1, 0.15) is 24.6 Å². The van der Waals surface area contributed by atoms with Crippen LogP contribution < -0.4 is 10.1 Å². The van der Waals surface area contributed by atoms with E-state index >= 15 is 0 Å². The summed E-state index contributed by atoms with van der Waals surface area (Å²) in [5.41, 5.74) is 6.04. The first-order valence-corrected chi connectivity index (χ1v) is 12.3. The number of nitrogens with one attached hydrogen (secondary N) is 1. The number of ether oxygens (including phenoxy) is 4. The van der Waals surface area contributed by atoms with Crippen LogP contribution in [-0.4, -0.2) is 55.8 Å². The first-order valence-electron chi connectivity index (χ1n) is 12.3. The molecule has 6 rings (SSSR count). The van der Waals surface area contributed by atoms with Gasteiger partial charge in [-0.15, -0.1) is 0 Å². The highest BCUT2D eigenvalue weighted by molar-refractivity contribution is 5.85. The second-order valence-corrected chi connectivity index (χ2v) is 9.50. The van der Waals surface area contributed by atoms with Crippen LogP contribution in [0.2, 0.25) is 0 Å². The Kier molecular flexibility index (Phi) is 6.06. The van der Waals surface area contributed by atoms with Gasteiger partial charge in [-0.2, -0.15) is 0 Å². The van der Waals surface area contributed by atoms with E-state index in [4.69, 9.17) is 18.9 Å². The van der Waals surface area contributed by atoms with E-state index < -0.39 is 30.4 Å². The average molecular weight is 502 g/mol. The molecule has 2 aliphatic heterocycles. The van der Waals surface area contributed by atoms with Crippen molar-refractivity contribution in [1.82, 2.24) is 0 Å². The van der Waals surface area contributed by atoms with Gasteiger partial charge in [-0.05, 0) is 46.9 Å². The number of rotatable bonds is 5. The van der Waals surface area contributed by atoms with Gasteiger partial charge in [0.2, 0.25) is 0 Å². The summed E-state index contributed by atoms with van der Waals surface area (Å²) in [4.78, 5) is 24.9. The quantitative estimate of drug-likeness (QED) is 0.505. The molecule has 190 valence electrons. The second-order valence-electron chi connectivity index (χ2n) is 9.50. The maximum atomic E-state index is 12.8. The summed E-state index contributed by atoms with van der Waals surface area (Å²) in [7, 11) is 1.31. The third kappa shape index (κ3) is 4.12. The van der Waals surface area contributed by atoms with Crippen molar-refractivity contribution in [2.45, 2.75) is 36.6 Å². The molecule has 8 nitrogen and oxygen atoms in total. The Labute approximate surface area is 214 Å². The van der Waals surface area contributed by atoms with E-state index in [0.29, 0.717) is 17.9 Å². The van der Waals surface area contributed by atoms with Crippen molar-refractivity contribution in [1.29, 1.82) is 0 Å². The molecule has 8 heteroatoms. The number of benzene rings is 3. The molecule has 0 aromatic heterocycles. The fourth-order valence-corrected chi connectivity index (χ4v) is 5.78. The molecule has 2 N–H and O–H groups in total. The number of fused-ring (bicyclic) bond motifs is 6. The Bertz CT molecular complexity index is 1310. The number of methoxy groups -OCH3 is 1. The molecule has 3 aromatic rings. The molecule has 0 bridgehead atoms. The summed E-state index contributed by atoms with van der Waals surface area (Å²) >= 11 is 0. The first kappa shape index (κ1) is 23.5. The lowest BCUT2D eigenvalue weighted by molar-refractivity contribution is -0.175. The highest BCUT2D eigenvalue weighted by Crippen LogP contribution is 2.47. The Morgan fingerprint density at radius 2 is 1.70 bits per heavy atom. The number of esters is 1. The minimum atomic E-state index is -0.795. The second kappa shape index (κ2) is 9.53. The number of carbonyl (C=O) groups is 2. The molecule has 0 radical (unpaired) electrons. The van der Waals surface area contributed by atoms with Gasteiger partial charge in [0.15, 0.2) is 6.10 Å². The minimum Gasteiger partial charge on any atom is -0.487 e. The summed E-state index contributed by atoms with van der Waals surface area (Å²) in [6.45, 7) is -0.0670. The standard InChI is InChI=1S/C29H27NO7/c1-34-28(32)25-13-22-21-12-16(10-11-24(21)37-27(22)26(14-31)36-25)30-29(33)35-15-23-19-8-4-2-6-17(19)18-7-3-5-9-20(18)23/h2-12,22-23,25-27,31H,13-15H2,1H3,(H,30,33)/t22-,25-,26-,27+/m1/s1. The van der Waals surface area contributed by atoms with E-state index in [9.17, 15) is 14.7 Å². The molecule has 37 heavy (non-hydrogen) atoms. The maximum absolute atomic E-state index is 12.8. The lowest BCUT2D eigenvalue weighted by atomic mass is 9.85. The van der Waals surface area contributed by atoms with Gasteiger partial charge in [0, 0.05) is 23.1 Å². The molecule has 3 aromatic carbocycles. The van der Waals surface area contributed by atoms with Crippen molar-refractivity contribution in [2.24, 2.45) is 0 Å². The zero-order valence-electron chi connectivity index (χ0n) is 20.3. The molecule has 2 heterocycles. The average Bonchev–Trinajstić information content (AvgIpc) is 3.46. The molecule has 1 fully saturated rings. The third-order valence-corrected chi connectivity index (χ3v) is 7.48. The molecule has 0 saturated carbocycles. The summed E-state index contributed by atoms with van der Waals surface area (Å²) in [5.74, 6) is -0.0616. The van der Waals surface area contributed by atoms with Crippen LogP contribution in [0.15, 0.2) is 66.7 Å². The van der Waals surface area contributed by atoms with Crippen molar-refractivity contribution >= 4 is 17.7 Å². The van der Waals surface area contributed by atoms with Gasteiger partial charge in [0.05, 0.1) is 13.7 Å². The zero-order valence-corrected chi connectivity index (χ0v) is 20.3. The Hall–Kier alpha value is -3.88. The van der Waals surface area contributed by atoms with E-state index in [1.165, 1.54) is 18.2 Å². The summed E-state index contributed by atoms with van der Waals surface area (Å²) in [5, 5.41) is 12.6. The van der Waals surface area contributed by atoms with E-state index in [0.717, 1.165) is 16.7 Å². The van der Waals surface area contributed by atoms with Crippen LogP contribution >= 0.6 is 0 Å². The van der Waals surface area contributed by atoms with Crippen LogP contribution in [0.5, 0.6) is 5.75 Å². The smallest absolute Gasteiger partial charge is 0.411 e. The molecule has 1 amide bonds. The number of aliphatic hydroxyl groups excluding tert-OH is 1. The Morgan fingerprint density at radius 1 is 1.00 bits per heavy atom. The van der Waals surface area contributed by atoms with E-state index in [2.05, 4.69) is 29.6 Å². The van der Waals surface area contributed by atoms with E-state index in [1.54, 1.807) is 12.1 Å². The predicted molar refractivity (Wildman–Crippen MR) is 135 cm³/mol. The SMILES string of the molecule is COC(=O)[C@H]1C[C@@H]2c3cc(NC(=O)OCC4c5ccccc5-c5ccccc54)ccc3O[C@@H]2[C@@H](CO)O1. The van der Waals surface area contributed by atoms with Crippen LogP contribution in [0.1, 0.15) is 34.9 Å². The molecule has 1 aliphatic carbocycles. The fourth-order valence-electron chi connectivity index (χ4n) is 5.78. The van der Waals surface area contributed by atoms with Crippen LogP contribution in [0.4, 0.5) is 10.5 Å². The number of anilines is 1. The zero-order chi connectivity index (χ0) is 25.5. The summed E-state index contributed by atoms with van der Waals surface area (Å²) < 4.78 is 22.3. The summed E-state index contributed by atoms with van der Waals surface area (Å²) in [6.07, 6.45) is -2.07. The van der Waals surface area contributed by atoms with E-state index in [-0.39, 0.29) is 25.0 Å². The number of aliphatic hydroxyl groups is 1. The molecule has 1 saturated heterocycles. The van der Waals surface area contributed by atoms with Crippen molar-refractivity contribution in [3.05, 3.63) is 83.4 Å². The molecule has 3 aliphatic rings. The third-order valence-electron chi connectivity index (χ3n) is 7.48. The van der Waals surface area contributed by atoms with Crippen LogP contribution in [-0.2, 0) is 19.0 Å². The highest BCUT2D eigenvalue weighted by Gasteiger charge is 2.48. The molecule has 0 unspecified atom stereocenters. The molecule has 0 spiro atoms. The van der Waals surface area contributed by atoms with Gasteiger partial charge in [-0.3, -0.25) is 5.32 Å². The van der Waals surface area contributed by atoms with Crippen LogP contribution in [0.25, 0.3) is 11.1 Å². The van der Waals surface area contributed by atoms with Crippen molar-refractivity contribution < 1.29 is 33.6 Å². The number of hydrogen-bond acceptors (Lipinski definition) is 7. The molecular formula is C29H27NO7. The Balaban J connectivity index is 1.16. The first-order chi connectivity index (χ1) is 18.1. The highest BCUT2D eigenvalue weighted by atomic mass is 16.6. The Morgan fingerprint density at radius 3 is 2.38 bits per heavy atom. The van der Waals surface area contributed by atoms with Gasteiger partial charge in [0.25, 0.3) is 0 Å². The largest absolute Gasteiger partial charge is 0.487 e. The van der Waals surface area contributed by atoms with Crippen LogP contribution in [0.3, 0.4) is 0 Å². The van der Waals surface area contributed by atoms with Gasteiger partial charge in [-0.25, -0.2) is 9.59 Å².